The number of carboxylic acid groups (broad SMARTS) is 3. The van der Waals surface area contributed by atoms with Gasteiger partial charge in [0.1, 0.15) is 54.4 Å². The largest absolute Gasteiger partial charge is 0.481 e. The fraction of sp³-hybridized carbons (Fsp3) is 0.433. The third-order valence-electron chi connectivity index (χ3n) is 14.3. The van der Waals surface area contributed by atoms with Crippen molar-refractivity contribution >= 4 is 93.8 Å². The van der Waals surface area contributed by atoms with Crippen molar-refractivity contribution in [3.8, 4) is 0 Å². The molecule has 33 nitrogen and oxygen atoms in total. The maximum Gasteiger partial charge on any atom is 0.326 e. The summed E-state index contributed by atoms with van der Waals surface area (Å²) in [6.45, 7) is -1.34. The summed E-state index contributed by atoms with van der Waals surface area (Å²) < 4.78 is 0. The molecule has 1 heterocycles. The molecule has 0 fully saturated rings. The first-order valence-corrected chi connectivity index (χ1v) is 29.7. The smallest absolute Gasteiger partial charge is 0.326 e. The van der Waals surface area contributed by atoms with E-state index < -0.39 is 177 Å². The molecule has 9 atom stereocenters. The van der Waals surface area contributed by atoms with Crippen LogP contribution in [0.2, 0.25) is 0 Å². The van der Waals surface area contributed by atoms with E-state index in [1.807, 2.05) is 0 Å². The second-order valence-corrected chi connectivity index (χ2v) is 21.6. The van der Waals surface area contributed by atoms with E-state index in [2.05, 4.69) is 57.8 Å². The number of hydrogen-bond donors (Lipinski definition) is 19. The highest BCUT2D eigenvalue weighted by atomic mass is 16.4. The van der Waals surface area contributed by atoms with Crippen molar-refractivity contribution in [3.05, 3.63) is 108 Å². The molecule has 1 aromatic heterocycles. The summed E-state index contributed by atoms with van der Waals surface area (Å²) in [6.07, 6.45) is -2.14. The van der Waals surface area contributed by atoms with Crippen molar-refractivity contribution in [2.24, 2.45) is 33.7 Å². The van der Waals surface area contributed by atoms with Crippen LogP contribution in [0.3, 0.4) is 0 Å². The number of primary amides is 1. The zero-order chi connectivity index (χ0) is 68.6. The van der Waals surface area contributed by atoms with Crippen molar-refractivity contribution in [3.63, 3.8) is 0 Å². The highest BCUT2D eigenvalue weighted by Crippen LogP contribution is 2.20. The Morgan fingerprint density at radius 3 is 1.44 bits per heavy atom. The molecule has 3 aromatic carbocycles. The number of fused-ring (bicyclic) bond motifs is 1. The van der Waals surface area contributed by atoms with Gasteiger partial charge in [0.25, 0.3) is 0 Å². The SMILES string of the molecule is NCCCC[C@H](NC(=O)[C@H](CC(N)=O)NC(=O)[C@H](CCC(=O)O)NC(=O)[C@H](Cc1ccccc1)NC(=O)[C@H](Cc1c[nH]c2ccccc12)NC(=O)CNC(=O)[C@H](Cc1ccccc1)NC(=O)[C@H](CCCN=C(N)N)NC(=O)[C@@H](N)CO)C(=O)N[C@@H](CCC(=O)O)C(=O)O. The van der Waals surface area contributed by atoms with Gasteiger partial charge in [-0.3, -0.25) is 62.5 Å². The number of carboxylic acids is 3. The van der Waals surface area contributed by atoms with Crippen LogP contribution in [0.25, 0.3) is 10.9 Å². The number of rotatable bonds is 42. The molecule has 504 valence electrons. The number of amides is 10. The Labute approximate surface area is 533 Å². The van der Waals surface area contributed by atoms with E-state index in [4.69, 9.17) is 33.8 Å². The van der Waals surface area contributed by atoms with Gasteiger partial charge in [-0.2, -0.15) is 0 Å². The Balaban J connectivity index is 1.65. The summed E-state index contributed by atoms with van der Waals surface area (Å²) in [5.41, 5.74) is 29.9. The molecular formula is C60H82N16O17. The number of hydrogen-bond acceptors (Lipinski definition) is 17. The van der Waals surface area contributed by atoms with Gasteiger partial charge in [0.2, 0.25) is 59.1 Å². The molecule has 0 radical (unpaired) electrons. The topological polar surface area (TPSA) is 569 Å². The Bertz CT molecular complexity index is 3260. The number of H-pyrrole nitrogens is 1. The standard InChI is InChI=1S/C60H82N16O17/c61-24-10-9-18-39(53(86)73-42(59(92)93)21-23-50(82)83)71-58(91)46(29-47(63)78)76-55(88)41(20-22-49(80)81)72-56(89)44(27-34-14-5-2-6-15-34)75-57(90)45(28-35-30-67-38-17-8-7-16-36(35)38)69-48(79)31-68-52(85)43(26-33-12-3-1-4-13-33)74-54(87)40(19-11-25-66-60(64)65)70-51(84)37(62)32-77/h1-8,12-17,30,37,39-46,67,77H,9-11,18-29,31-32,61-62H2,(H2,63,78)(H,68,85)(H,69,79)(H,70,84)(H,71,91)(H,72,89)(H,73,86)(H,74,87)(H,75,90)(H,76,88)(H,80,81)(H,82,83)(H,92,93)(H4,64,65,66)/t37-,39-,40-,41-,42-,43-,44-,45-,46-/m0/s1. The Morgan fingerprint density at radius 2 is 0.925 bits per heavy atom. The molecule has 33 heteroatoms. The molecule has 0 aliphatic heterocycles. The minimum Gasteiger partial charge on any atom is -0.481 e. The third kappa shape index (κ3) is 26.8. The van der Waals surface area contributed by atoms with Crippen LogP contribution in [-0.4, -0.2) is 189 Å². The second kappa shape index (κ2) is 38.9. The molecule has 93 heavy (non-hydrogen) atoms. The zero-order valence-corrected chi connectivity index (χ0v) is 50.8. The van der Waals surface area contributed by atoms with Crippen LogP contribution in [0.1, 0.15) is 80.9 Å². The summed E-state index contributed by atoms with van der Waals surface area (Å²) in [4.78, 5) is 181. The average molecular weight is 1300 g/mol. The molecule has 24 N–H and O–H groups in total. The first-order chi connectivity index (χ1) is 44.3. The first-order valence-electron chi connectivity index (χ1n) is 29.7. The molecule has 4 aromatic rings. The summed E-state index contributed by atoms with van der Waals surface area (Å²) in [5, 5.41) is 60.8. The summed E-state index contributed by atoms with van der Waals surface area (Å²) >= 11 is 0. The van der Waals surface area contributed by atoms with Crippen molar-refractivity contribution < 1.29 is 82.8 Å². The summed E-state index contributed by atoms with van der Waals surface area (Å²) in [6, 6.07) is 9.26. The van der Waals surface area contributed by atoms with Gasteiger partial charge in [0, 0.05) is 55.7 Å². The van der Waals surface area contributed by atoms with E-state index >= 15 is 0 Å². The van der Waals surface area contributed by atoms with E-state index in [0.717, 1.165) is 0 Å². The summed E-state index contributed by atoms with van der Waals surface area (Å²) in [5.74, 6) is -14.9. The lowest BCUT2D eigenvalue weighted by atomic mass is 10.0. The average Bonchev–Trinajstić information content (AvgIpc) is 2.60. The van der Waals surface area contributed by atoms with Gasteiger partial charge in [-0.1, -0.05) is 78.9 Å². The van der Waals surface area contributed by atoms with Gasteiger partial charge in [-0.05, 0) is 74.2 Å². The van der Waals surface area contributed by atoms with E-state index in [1.165, 1.54) is 0 Å². The number of unbranched alkanes of at least 4 members (excludes halogenated alkanes) is 1. The van der Waals surface area contributed by atoms with Gasteiger partial charge >= 0.3 is 17.9 Å². The highest BCUT2D eigenvalue weighted by molar-refractivity contribution is 5.99. The van der Waals surface area contributed by atoms with Crippen LogP contribution >= 0.6 is 0 Å². The maximum absolute atomic E-state index is 14.8. The number of carbonyl (C=O) groups excluding carboxylic acids is 10. The van der Waals surface area contributed by atoms with Crippen LogP contribution in [0.15, 0.2) is 96.1 Å². The maximum atomic E-state index is 14.8. The van der Waals surface area contributed by atoms with Crippen LogP contribution in [0.5, 0.6) is 0 Å². The monoisotopic (exact) mass is 1300 g/mol. The van der Waals surface area contributed by atoms with E-state index in [-0.39, 0.29) is 64.0 Å². The lowest BCUT2D eigenvalue weighted by molar-refractivity contribution is -0.144. The predicted octanol–water partition coefficient (Wildman–Crippen LogP) is -4.62. The quantitative estimate of drug-likeness (QED) is 0.0113. The number of aliphatic hydroxyl groups excluding tert-OH is 1. The van der Waals surface area contributed by atoms with Crippen LogP contribution in [-0.2, 0) is 81.6 Å². The predicted molar refractivity (Wildman–Crippen MR) is 334 cm³/mol. The van der Waals surface area contributed by atoms with Crippen molar-refractivity contribution in [1.29, 1.82) is 0 Å². The Kier molecular flexibility index (Phi) is 31.3. The number of benzene rings is 3. The van der Waals surface area contributed by atoms with E-state index in [1.54, 1.807) is 91.1 Å². The molecule has 0 saturated heterocycles. The Morgan fingerprint density at radius 1 is 0.484 bits per heavy atom. The van der Waals surface area contributed by atoms with Gasteiger partial charge in [-0.15, -0.1) is 0 Å². The molecule has 0 aliphatic carbocycles. The number of aromatic nitrogens is 1. The number of nitrogens with zero attached hydrogens (tertiary/aromatic N) is 1. The number of nitrogens with one attached hydrogen (secondary N) is 10. The number of aliphatic imine (C=N–C) groups is 1. The van der Waals surface area contributed by atoms with Crippen LogP contribution < -0.4 is 76.5 Å². The molecule has 4 rings (SSSR count). The van der Waals surface area contributed by atoms with E-state index in [0.29, 0.717) is 34.0 Å². The normalized spacial score (nSPS) is 13.8. The molecule has 0 spiro atoms. The zero-order valence-electron chi connectivity index (χ0n) is 50.8. The molecule has 10 amide bonds. The van der Waals surface area contributed by atoms with Gasteiger partial charge in [0.05, 0.1) is 19.6 Å². The number of aromatic amines is 1. The lowest BCUT2D eigenvalue weighted by Crippen LogP contribution is -2.60. The minimum absolute atomic E-state index is 0.0496. The fourth-order valence-electron chi connectivity index (χ4n) is 9.39. The number of aliphatic carboxylic acids is 3. The molecule has 0 saturated carbocycles. The highest BCUT2D eigenvalue weighted by Gasteiger charge is 2.36. The lowest BCUT2D eigenvalue weighted by Gasteiger charge is -2.27. The van der Waals surface area contributed by atoms with Crippen LogP contribution in [0, 0.1) is 0 Å². The van der Waals surface area contributed by atoms with Crippen molar-refractivity contribution in [1.82, 2.24) is 52.8 Å². The number of aliphatic hydroxyl groups is 1. The number of nitrogens with two attached hydrogens (primary N) is 5. The van der Waals surface area contributed by atoms with E-state index in [9.17, 15) is 77.6 Å². The van der Waals surface area contributed by atoms with Gasteiger partial charge in [-0.25, -0.2) is 4.79 Å². The van der Waals surface area contributed by atoms with Gasteiger partial charge in [0.15, 0.2) is 5.96 Å². The molecule has 0 aliphatic rings. The number of guanidine groups is 1. The first kappa shape index (κ1) is 74.9. The van der Waals surface area contributed by atoms with Crippen LogP contribution in [0.4, 0.5) is 0 Å². The molecule has 0 bridgehead atoms. The molecular weight excluding hydrogens is 1220 g/mol. The van der Waals surface area contributed by atoms with Crippen molar-refractivity contribution in [2.45, 2.75) is 138 Å². The summed E-state index contributed by atoms with van der Waals surface area (Å²) in [7, 11) is 0. The Hall–Kier alpha value is -10.5. The number of para-hydroxylation sites is 1. The van der Waals surface area contributed by atoms with Crippen molar-refractivity contribution in [2.75, 3.05) is 26.2 Å². The fourth-order valence-corrected chi connectivity index (χ4v) is 9.39. The minimum atomic E-state index is -1.92. The molecule has 0 unspecified atom stereocenters. The third-order valence-corrected chi connectivity index (χ3v) is 14.3. The second-order valence-electron chi connectivity index (χ2n) is 21.6. The number of carbonyl (C=O) groups is 13. The van der Waals surface area contributed by atoms with Gasteiger partial charge < -0.3 is 102 Å².